The third-order valence-electron chi connectivity index (χ3n) is 2.71. The maximum Gasteiger partial charge on any atom is 0.337 e. The van der Waals surface area contributed by atoms with Gasteiger partial charge in [0.2, 0.25) is 0 Å². The summed E-state index contributed by atoms with van der Waals surface area (Å²) in [5, 5.41) is 19.5. The molecule has 2 atom stereocenters. The summed E-state index contributed by atoms with van der Waals surface area (Å²) in [6.45, 7) is 1.66. The molecule has 9 heteroatoms. The number of nitrogens with zero attached hydrogens (tertiary/aromatic N) is 4. The van der Waals surface area contributed by atoms with Crippen LogP contribution in [0, 0.1) is 0 Å². The zero-order valence-electron chi connectivity index (χ0n) is 10.8. The Morgan fingerprint density at radius 2 is 2.20 bits per heavy atom. The molecule has 0 aliphatic carbocycles. The van der Waals surface area contributed by atoms with E-state index < -0.39 is 18.2 Å². The molecule has 0 saturated heterocycles. The molecule has 0 aliphatic heterocycles. The molecular weight excluding hydrogens is 266 g/mol. The first-order valence-corrected chi connectivity index (χ1v) is 5.98. The summed E-state index contributed by atoms with van der Waals surface area (Å²) in [6.07, 6.45) is -0.310. The molecule has 0 bridgehead atoms. The van der Waals surface area contributed by atoms with E-state index >= 15 is 0 Å². The van der Waals surface area contributed by atoms with Gasteiger partial charge in [-0.2, -0.15) is 0 Å². The fourth-order valence-corrected chi connectivity index (χ4v) is 1.72. The standard InChI is InChI=1S/C11H15N5O4/c1-2-20-11(19)8(18)6(17)3-16-5-15-7-9(12)13-4-14-10(7)16/h4-6,8,17-18H,2-3H2,1H3,(H2,12,13,14)/t6-,8-/m1/s1. The molecule has 2 rings (SSSR count). The Labute approximate surface area is 114 Å². The highest BCUT2D eigenvalue weighted by molar-refractivity contribution is 5.81. The van der Waals surface area contributed by atoms with Crippen molar-refractivity contribution in [2.75, 3.05) is 12.3 Å². The van der Waals surface area contributed by atoms with Gasteiger partial charge in [0.05, 0.1) is 19.5 Å². The molecule has 9 nitrogen and oxygen atoms in total. The van der Waals surface area contributed by atoms with E-state index in [-0.39, 0.29) is 19.0 Å². The maximum absolute atomic E-state index is 11.3. The fraction of sp³-hybridized carbons (Fsp3) is 0.455. The molecule has 2 aromatic heterocycles. The number of nitrogen functional groups attached to an aromatic ring is 1. The number of aliphatic hydroxyl groups excluding tert-OH is 2. The number of esters is 1. The number of carbonyl (C=O) groups excluding carboxylic acids is 1. The minimum Gasteiger partial charge on any atom is -0.464 e. The number of anilines is 1. The van der Waals surface area contributed by atoms with Crippen LogP contribution < -0.4 is 5.73 Å². The zero-order chi connectivity index (χ0) is 14.7. The van der Waals surface area contributed by atoms with Crippen LogP contribution in [0.1, 0.15) is 6.92 Å². The molecule has 0 unspecified atom stereocenters. The molecule has 0 fully saturated rings. The first kappa shape index (κ1) is 14.2. The summed E-state index contributed by atoms with van der Waals surface area (Å²) in [4.78, 5) is 23.1. The van der Waals surface area contributed by atoms with E-state index in [0.29, 0.717) is 11.2 Å². The molecule has 0 radical (unpaired) electrons. The SMILES string of the molecule is CCOC(=O)[C@H](O)[C@H](O)Cn1cnc2c(N)ncnc21. The van der Waals surface area contributed by atoms with E-state index in [4.69, 9.17) is 5.73 Å². The van der Waals surface area contributed by atoms with E-state index in [0.717, 1.165) is 0 Å². The van der Waals surface area contributed by atoms with Gasteiger partial charge in [0.25, 0.3) is 0 Å². The lowest BCUT2D eigenvalue weighted by molar-refractivity contribution is -0.159. The molecule has 0 amide bonds. The number of hydrogen-bond acceptors (Lipinski definition) is 8. The molecule has 20 heavy (non-hydrogen) atoms. The highest BCUT2D eigenvalue weighted by atomic mass is 16.5. The monoisotopic (exact) mass is 281 g/mol. The molecule has 108 valence electrons. The number of carbonyl (C=O) groups is 1. The fourth-order valence-electron chi connectivity index (χ4n) is 1.72. The maximum atomic E-state index is 11.3. The second-order valence-electron chi connectivity index (χ2n) is 4.09. The Hall–Kier alpha value is -2.26. The highest BCUT2D eigenvalue weighted by Gasteiger charge is 2.26. The average molecular weight is 281 g/mol. The number of fused-ring (bicyclic) bond motifs is 1. The lowest BCUT2D eigenvalue weighted by atomic mass is 10.2. The van der Waals surface area contributed by atoms with Crippen molar-refractivity contribution in [2.45, 2.75) is 25.7 Å². The van der Waals surface area contributed by atoms with Crippen molar-refractivity contribution in [3.05, 3.63) is 12.7 Å². The number of nitrogens with two attached hydrogens (primary N) is 1. The van der Waals surface area contributed by atoms with Crippen LogP contribution in [0.4, 0.5) is 5.82 Å². The van der Waals surface area contributed by atoms with Crippen molar-refractivity contribution in [1.29, 1.82) is 0 Å². The molecule has 4 N–H and O–H groups in total. The molecule has 0 aromatic carbocycles. The van der Waals surface area contributed by atoms with Gasteiger partial charge in [-0.25, -0.2) is 19.7 Å². The molecule has 2 aromatic rings. The van der Waals surface area contributed by atoms with Crippen LogP contribution in [0.25, 0.3) is 11.2 Å². The highest BCUT2D eigenvalue weighted by Crippen LogP contribution is 2.15. The minimum atomic E-state index is -1.63. The molecule has 2 heterocycles. The number of aliphatic hydroxyl groups is 2. The summed E-state index contributed by atoms with van der Waals surface area (Å²) in [5.74, 6) is -0.659. The van der Waals surface area contributed by atoms with E-state index in [2.05, 4.69) is 19.7 Å². The first-order valence-electron chi connectivity index (χ1n) is 5.98. The van der Waals surface area contributed by atoms with Gasteiger partial charge < -0.3 is 25.3 Å². The van der Waals surface area contributed by atoms with Crippen LogP contribution >= 0.6 is 0 Å². The normalized spacial score (nSPS) is 14.2. The van der Waals surface area contributed by atoms with Crippen molar-refractivity contribution >= 4 is 23.0 Å². The molecular formula is C11H15N5O4. The number of ether oxygens (including phenoxy) is 1. The largest absolute Gasteiger partial charge is 0.464 e. The van der Waals surface area contributed by atoms with Crippen molar-refractivity contribution in [1.82, 2.24) is 19.5 Å². The Morgan fingerprint density at radius 1 is 1.45 bits per heavy atom. The second kappa shape index (κ2) is 5.80. The number of rotatable bonds is 5. The summed E-state index contributed by atoms with van der Waals surface area (Å²) < 4.78 is 6.10. The minimum absolute atomic E-state index is 0.0765. The van der Waals surface area contributed by atoms with Crippen LogP contribution in [0.15, 0.2) is 12.7 Å². The van der Waals surface area contributed by atoms with Crippen LogP contribution in [0.3, 0.4) is 0 Å². The molecule has 0 saturated carbocycles. The van der Waals surface area contributed by atoms with Gasteiger partial charge in [-0.1, -0.05) is 0 Å². The lowest BCUT2D eigenvalue weighted by Crippen LogP contribution is -2.38. The van der Waals surface area contributed by atoms with Crippen LogP contribution in [0.5, 0.6) is 0 Å². The van der Waals surface area contributed by atoms with Gasteiger partial charge in [0.15, 0.2) is 17.6 Å². The average Bonchev–Trinajstić information content (AvgIpc) is 2.83. The Morgan fingerprint density at radius 3 is 2.90 bits per heavy atom. The Kier molecular flexibility index (Phi) is 4.11. The molecule has 0 aliphatic rings. The predicted octanol–water partition coefficient (Wildman–Crippen LogP) is -1.31. The predicted molar refractivity (Wildman–Crippen MR) is 68.4 cm³/mol. The summed E-state index contributed by atoms with van der Waals surface area (Å²) in [6, 6.07) is 0. The topological polar surface area (TPSA) is 136 Å². The summed E-state index contributed by atoms with van der Waals surface area (Å²) >= 11 is 0. The van der Waals surface area contributed by atoms with Crippen molar-refractivity contribution in [2.24, 2.45) is 0 Å². The third kappa shape index (κ3) is 2.68. The lowest BCUT2D eigenvalue weighted by Gasteiger charge is -2.16. The van der Waals surface area contributed by atoms with E-state index in [1.807, 2.05) is 0 Å². The summed E-state index contributed by atoms with van der Waals surface area (Å²) in [7, 11) is 0. The van der Waals surface area contributed by atoms with Crippen LogP contribution in [-0.2, 0) is 16.1 Å². The zero-order valence-corrected chi connectivity index (χ0v) is 10.8. The Bertz CT molecular complexity index is 614. The van der Waals surface area contributed by atoms with Crippen molar-refractivity contribution in [3.8, 4) is 0 Å². The number of hydrogen-bond donors (Lipinski definition) is 3. The quantitative estimate of drug-likeness (QED) is 0.575. The van der Waals surface area contributed by atoms with Gasteiger partial charge in [-0.3, -0.25) is 0 Å². The van der Waals surface area contributed by atoms with Crippen LogP contribution in [0.2, 0.25) is 0 Å². The second-order valence-corrected chi connectivity index (χ2v) is 4.09. The van der Waals surface area contributed by atoms with Gasteiger partial charge in [0.1, 0.15) is 17.9 Å². The van der Waals surface area contributed by atoms with Gasteiger partial charge >= 0.3 is 5.97 Å². The smallest absolute Gasteiger partial charge is 0.337 e. The first-order chi connectivity index (χ1) is 9.54. The molecule has 0 spiro atoms. The van der Waals surface area contributed by atoms with Gasteiger partial charge in [0, 0.05) is 0 Å². The number of aromatic nitrogens is 4. The summed E-state index contributed by atoms with van der Waals surface area (Å²) in [5.41, 5.74) is 6.44. The number of imidazole rings is 1. The van der Waals surface area contributed by atoms with Crippen molar-refractivity contribution < 1.29 is 19.7 Å². The Balaban J connectivity index is 2.16. The van der Waals surface area contributed by atoms with E-state index in [1.165, 1.54) is 17.2 Å². The van der Waals surface area contributed by atoms with Crippen molar-refractivity contribution in [3.63, 3.8) is 0 Å². The van der Waals surface area contributed by atoms with Gasteiger partial charge in [-0.15, -0.1) is 0 Å². The van der Waals surface area contributed by atoms with E-state index in [9.17, 15) is 15.0 Å². The van der Waals surface area contributed by atoms with Crippen LogP contribution in [-0.4, -0.2) is 54.5 Å². The third-order valence-corrected chi connectivity index (χ3v) is 2.71. The van der Waals surface area contributed by atoms with E-state index in [1.54, 1.807) is 6.92 Å². The van der Waals surface area contributed by atoms with Gasteiger partial charge in [-0.05, 0) is 6.92 Å².